The minimum Gasteiger partial charge on any atom is -0.207 e. The summed E-state index contributed by atoms with van der Waals surface area (Å²) < 4.78 is 25.2. The molecule has 0 unspecified atom stereocenters. The third-order valence-electron chi connectivity index (χ3n) is 2.08. The topological polar surface area (TPSA) is 61.2 Å². The van der Waals surface area contributed by atoms with Crippen LogP contribution in [-0.4, -0.2) is 26.3 Å². The smallest absolute Gasteiger partial charge is 0.207 e. The normalized spacial score (nSPS) is 11.1. The van der Waals surface area contributed by atoms with Crippen LogP contribution in [0.4, 0.5) is 0 Å². The Hall–Kier alpha value is -1.64. The number of nitrogens with zero attached hydrogens (tertiary/aromatic N) is 2. The molecule has 0 radical (unpaired) electrons. The van der Waals surface area contributed by atoms with E-state index >= 15 is 0 Å². The van der Waals surface area contributed by atoms with Crippen molar-refractivity contribution in [2.45, 2.75) is 4.90 Å². The molecule has 0 spiro atoms. The standard InChI is InChI=1S/C11H12N2O2S/c1-3-8-13(2)16(14,15)11-7-5-4-6-10(11)9-12/h3-7H,1,8H2,2H3. The van der Waals surface area contributed by atoms with Crippen molar-refractivity contribution in [3.05, 3.63) is 42.5 Å². The van der Waals surface area contributed by atoms with Crippen LogP contribution in [0.2, 0.25) is 0 Å². The Morgan fingerprint density at radius 1 is 1.50 bits per heavy atom. The van der Waals surface area contributed by atoms with E-state index in [4.69, 9.17) is 5.26 Å². The fourth-order valence-corrected chi connectivity index (χ4v) is 2.51. The summed E-state index contributed by atoms with van der Waals surface area (Å²) >= 11 is 0. The average Bonchev–Trinajstić information content (AvgIpc) is 2.29. The molecular weight excluding hydrogens is 224 g/mol. The highest BCUT2D eigenvalue weighted by molar-refractivity contribution is 7.89. The Morgan fingerprint density at radius 2 is 2.12 bits per heavy atom. The minimum atomic E-state index is -3.60. The van der Waals surface area contributed by atoms with E-state index in [1.165, 1.54) is 25.3 Å². The molecule has 0 aliphatic rings. The molecule has 0 saturated heterocycles. The van der Waals surface area contributed by atoms with Gasteiger partial charge >= 0.3 is 0 Å². The largest absolute Gasteiger partial charge is 0.244 e. The predicted octanol–water partition coefficient (Wildman–Crippen LogP) is 1.36. The van der Waals surface area contributed by atoms with Crippen LogP contribution in [0.1, 0.15) is 5.56 Å². The van der Waals surface area contributed by atoms with E-state index in [9.17, 15) is 8.42 Å². The van der Waals surface area contributed by atoms with Gasteiger partial charge in [-0.15, -0.1) is 6.58 Å². The van der Waals surface area contributed by atoms with E-state index in [0.29, 0.717) is 0 Å². The number of likely N-dealkylation sites (N-methyl/N-ethyl adjacent to an activating group) is 1. The number of rotatable bonds is 4. The molecule has 5 heteroatoms. The van der Waals surface area contributed by atoms with Gasteiger partial charge in [-0.3, -0.25) is 0 Å². The zero-order chi connectivity index (χ0) is 12.2. The lowest BCUT2D eigenvalue weighted by atomic mass is 10.2. The van der Waals surface area contributed by atoms with Crippen LogP contribution in [0.15, 0.2) is 41.8 Å². The molecule has 0 amide bonds. The van der Waals surface area contributed by atoms with Crippen molar-refractivity contribution in [3.8, 4) is 6.07 Å². The molecule has 1 aromatic carbocycles. The molecule has 1 aromatic rings. The highest BCUT2D eigenvalue weighted by atomic mass is 32.2. The summed E-state index contributed by atoms with van der Waals surface area (Å²) in [6, 6.07) is 7.99. The third kappa shape index (κ3) is 2.30. The van der Waals surface area contributed by atoms with Crippen LogP contribution < -0.4 is 0 Å². The first-order valence-electron chi connectivity index (χ1n) is 4.60. The quantitative estimate of drug-likeness (QED) is 0.742. The molecule has 0 aromatic heterocycles. The average molecular weight is 236 g/mol. The van der Waals surface area contributed by atoms with Gasteiger partial charge in [0.1, 0.15) is 6.07 Å². The molecular formula is C11H12N2O2S. The second kappa shape index (κ2) is 4.92. The molecule has 0 saturated carbocycles. The Balaban J connectivity index is 3.28. The van der Waals surface area contributed by atoms with Crippen molar-refractivity contribution in [3.63, 3.8) is 0 Å². The first kappa shape index (κ1) is 12.4. The predicted molar refractivity (Wildman–Crippen MR) is 61.2 cm³/mol. The van der Waals surface area contributed by atoms with Crippen molar-refractivity contribution in [2.24, 2.45) is 0 Å². The molecule has 0 heterocycles. The van der Waals surface area contributed by atoms with Gasteiger partial charge in [0.05, 0.1) is 10.5 Å². The van der Waals surface area contributed by atoms with Crippen molar-refractivity contribution < 1.29 is 8.42 Å². The SMILES string of the molecule is C=CCN(C)S(=O)(=O)c1ccccc1C#N. The monoisotopic (exact) mass is 236 g/mol. The highest BCUT2D eigenvalue weighted by Crippen LogP contribution is 2.18. The Labute approximate surface area is 95.5 Å². The van der Waals surface area contributed by atoms with Crippen LogP contribution >= 0.6 is 0 Å². The van der Waals surface area contributed by atoms with Crippen molar-refractivity contribution in [1.82, 2.24) is 4.31 Å². The maximum atomic E-state index is 12.0. The van der Waals surface area contributed by atoms with E-state index in [1.807, 2.05) is 6.07 Å². The minimum absolute atomic E-state index is 0.0295. The van der Waals surface area contributed by atoms with E-state index in [2.05, 4.69) is 6.58 Å². The van der Waals surface area contributed by atoms with E-state index < -0.39 is 10.0 Å². The summed E-state index contributed by atoms with van der Waals surface area (Å²) in [4.78, 5) is 0.0295. The number of nitriles is 1. The van der Waals surface area contributed by atoms with Crippen molar-refractivity contribution in [2.75, 3.05) is 13.6 Å². The van der Waals surface area contributed by atoms with Gasteiger partial charge < -0.3 is 0 Å². The third-order valence-corrected chi connectivity index (χ3v) is 3.96. The molecule has 84 valence electrons. The van der Waals surface area contributed by atoms with Crippen LogP contribution in [0, 0.1) is 11.3 Å². The maximum absolute atomic E-state index is 12.0. The van der Waals surface area contributed by atoms with Crippen molar-refractivity contribution in [1.29, 1.82) is 5.26 Å². The lowest BCUT2D eigenvalue weighted by Gasteiger charge is -2.15. The van der Waals surface area contributed by atoms with Gasteiger partial charge in [0, 0.05) is 13.6 Å². The fourth-order valence-electron chi connectivity index (χ4n) is 1.23. The van der Waals surface area contributed by atoms with Crippen molar-refractivity contribution >= 4 is 10.0 Å². The van der Waals surface area contributed by atoms with Crippen LogP contribution in [0.3, 0.4) is 0 Å². The van der Waals surface area contributed by atoms with Gasteiger partial charge in [0.2, 0.25) is 10.0 Å². The van der Waals surface area contributed by atoms with Gasteiger partial charge in [0.15, 0.2) is 0 Å². The molecule has 16 heavy (non-hydrogen) atoms. The maximum Gasteiger partial charge on any atom is 0.244 e. The second-order valence-electron chi connectivity index (χ2n) is 3.18. The number of benzene rings is 1. The fraction of sp³-hybridized carbons (Fsp3) is 0.182. The lowest BCUT2D eigenvalue weighted by molar-refractivity contribution is 0.499. The summed E-state index contributed by atoms with van der Waals surface area (Å²) in [7, 11) is -2.15. The van der Waals surface area contributed by atoms with E-state index in [1.54, 1.807) is 12.1 Å². The molecule has 0 aliphatic carbocycles. The van der Waals surface area contributed by atoms with E-state index in [-0.39, 0.29) is 17.0 Å². The molecule has 0 fully saturated rings. The van der Waals surface area contributed by atoms with Gasteiger partial charge in [0.25, 0.3) is 0 Å². The zero-order valence-corrected chi connectivity index (χ0v) is 9.74. The van der Waals surface area contributed by atoms with Crippen LogP contribution in [0.25, 0.3) is 0 Å². The van der Waals surface area contributed by atoms with E-state index in [0.717, 1.165) is 4.31 Å². The molecule has 0 aliphatic heterocycles. The van der Waals surface area contributed by atoms with Gasteiger partial charge in [-0.1, -0.05) is 18.2 Å². The number of sulfonamides is 1. The van der Waals surface area contributed by atoms with Gasteiger partial charge in [-0.25, -0.2) is 8.42 Å². The van der Waals surface area contributed by atoms with Gasteiger partial charge in [-0.2, -0.15) is 9.57 Å². The molecule has 0 N–H and O–H groups in total. The number of hydrogen-bond acceptors (Lipinski definition) is 3. The summed E-state index contributed by atoms with van der Waals surface area (Å²) in [5.41, 5.74) is 0.151. The second-order valence-corrected chi connectivity index (χ2v) is 5.20. The first-order chi connectivity index (χ1) is 7.54. The van der Waals surface area contributed by atoms with Gasteiger partial charge in [-0.05, 0) is 12.1 Å². The summed E-state index contributed by atoms with van der Waals surface area (Å²) in [5.74, 6) is 0. The molecule has 4 nitrogen and oxygen atoms in total. The Morgan fingerprint density at radius 3 is 2.69 bits per heavy atom. The lowest BCUT2D eigenvalue weighted by Crippen LogP contribution is -2.27. The summed E-state index contributed by atoms with van der Waals surface area (Å²) in [6.45, 7) is 3.69. The number of hydrogen-bond donors (Lipinski definition) is 0. The Kier molecular flexibility index (Phi) is 3.82. The summed E-state index contributed by atoms with van der Waals surface area (Å²) in [5, 5.41) is 8.84. The summed E-state index contributed by atoms with van der Waals surface area (Å²) in [6.07, 6.45) is 1.49. The first-order valence-corrected chi connectivity index (χ1v) is 6.04. The van der Waals surface area contributed by atoms with Crippen LogP contribution in [-0.2, 0) is 10.0 Å². The molecule has 0 bridgehead atoms. The molecule has 1 rings (SSSR count). The van der Waals surface area contributed by atoms with Crippen LogP contribution in [0.5, 0.6) is 0 Å². The highest BCUT2D eigenvalue weighted by Gasteiger charge is 2.22. The zero-order valence-electron chi connectivity index (χ0n) is 8.92. The molecule has 0 atom stereocenters. The Bertz CT molecular complexity index is 529.